The monoisotopic (exact) mass is 638 g/mol. The molecule has 0 unspecified atom stereocenters. The molecule has 0 aromatic heterocycles. The molecule has 1 aliphatic carbocycles. The van der Waals surface area contributed by atoms with E-state index in [2.05, 4.69) is 22.8 Å². The second kappa shape index (κ2) is 12.0. The second-order valence-electron chi connectivity index (χ2n) is 14.4. The molecule has 2 heterocycles. The van der Waals surface area contributed by atoms with Gasteiger partial charge in [0.15, 0.2) is 0 Å². The predicted molar refractivity (Wildman–Crippen MR) is 173 cm³/mol. The van der Waals surface area contributed by atoms with Gasteiger partial charge in [0.25, 0.3) is 0 Å². The molecule has 3 amide bonds. The van der Waals surface area contributed by atoms with E-state index in [9.17, 15) is 22.8 Å². The van der Waals surface area contributed by atoms with E-state index in [-0.39, 0.29) is 17.2 Å². The van der Waals surface area contributed by atoms with Gasteiger partial charge in [0, 0.05) is 25.0 Å². The molecule has 1 spiro atoms. The van der Waals surface area contributed by atoms with Gasteiger partial charge in [-0.25, -0.2) is 13.2 Å². The van der Waals surface area contributed by atoms with E-state index in [0.29, 0.717) is 44.6 Å². The molecule has 1 atom stereocenters. The summed E-state index contributed by atoms with van der Waals surface area (Å²) in [4.78, 5) is 42.1. The van der Waals surface area contributed by atoms with Gasteiger partial charge in [-0.3, -0.25) is 13.9 Å². The summed E-state index contributed by atoms with van der Waals surface area (Å²) < 4.78 is 32.1. The summed E-state index contributed by atoms with van der Waals surface area (Å²) in [6.07, 6.45) is 3.88. The number of sulfonamides is 1. The fraction of sp³-hybridized carbons (Fsp3) is 0.559. The molecule has 2 aromatic carbocycles. The number of fused-ring (bicyclic) bond motifs is 3. The molecule has 2 aliphatic heterocycles. The van der Waals surface area contributed by atoms with Crippen LogP contribution in [-0.2, 0) is 42.6 Å². The Morgan fingerprint density at radius 2 is 1.53 bits per heavy atom. The van der Waals surface area contributed by atoms with Gasteiger partial charge in [0.05, 0.1) is 11.9 Å². The van der Waals surface area contributed by atoms with E-state index in [1.165, 1.54) is 21.7 Å². The quantitative estimate of drug-likeness (QED) is 0.474. The van der Waals surface area contributed by atoms with Crippen molar-refractivity contribution in [2.24, 2.45) is 5.92 Å². The lowest BCUT2D eigenvalue weighted by Gasteiger charge is -2.41. The van der Waals surface area contributed by atoms with Crippen LogP contribution in [-0.4, -0.2) is 74.3 Å². The number of likely N-dealkylation sites (tertiary alicyclic amines) is 1. The minimum Gasteiger partial charge on any atom is -0.444 e. The van der Waals surface area contributed by atoms with Crippen LogP contribution in [0.15, 0.2) is 48.5 Å². The SMILES string of the molecule is CC(C)(C)OC(=O)NC(C)(C)C(=O)N[C@@H](CC1Cc2ccccc2C1)C(=O)N1CCC2(CC1)CN(S(C)(=O)=O)c1ccccc12. The van der Waals surface area contributed by atoms with Gasteiger partial charge in [-0.1, -0.05) is 42.5 Å². The maximum absolute atomic E-state index is 14.2. The zero-order chi connectivity index (χ0) is 32.8. The Morgan fingerprint density at radius 3 is 2.11 bits per heavy atom. The van der Waals surface area contributed by atoms with E-state index >= 15 is 0 Å². The van der Waals surface area contributed by atoms with Crippen LogP contribution in [0.5, 0.6) is 0 Å². The Kier molecular flexibility index (Phi) is 8.72. The summed E-state index contributed by atoms with van der Waals surface area (Å²) in [6, 6.07) is 15.1. The molecule has 45 heavy (non-hydrogen) atoms. The molecule has 10 nitrogen and oxygen atoms in total. The first-order valence-electron chi connectivity index (χ1n) is 15.7. The topological polar surface area (TPSA) is 125 Å². The van der Waals surface area contributed by atoms with Crippen molar-refractivity contribution < 1.29 is 27.5 Å². The van der Waals surface area contributed by atoms with Crippen LogP contribution in [0.25, 0.3) is 0 Å². The van der Waals surface area contributed by atoms with Crippen LogP contribution in [0.1, 0.15) is 70.6 Å². The number of ether oxygens (including phenoxy) is 1. The van der Waals surface area contributed by atoms with Crippen molar-refractivity contribution in [3.63, 3.8) is 0 Å². The number of hydrogen-bond donors (Lipinski definition) is 2. The van der Waals surface area contributed by atoms with Crippen molar-refractivity contribution in [3.05, 3.63) is 65.2 Å². The fourth-order valence-electron chi connectivity index (χ4n) is 7.01. The molecule has 0 saturated carbocycles. The average Bonchev–Trinajstić information content (AvgIpc) is 3.50. The molecule has 2 aromatic rings. The Labute approximate surface area is 266 Å². The normalized spacial score (nSPS) is 18.7. The van der Waals surface area contributed by atoms with Crippen LogP contribution < -0.4 is 14.9 Å². The number of nitrogens with one attached hydrogen (secondary N) is 2. The van der Waals surface area contributed by atoms with Gasteiger partial charge < -0.3 is 20.3 Å². The highest BCUT2D eigenvalue weighted by Crippen LogP contribution is 2.48. The highest BCUT2D eigenvalue weighted by atomic mass is 32.2. The Bertz CT molecular complexity index is 1550. The van der Waals surface area contributed by atoms with E-state index in [4.69, 9.17) is 4.74 Å². The fourth-order valence-corrected chi connectivity index (χ4v) is 8.01. The van der Waals surface area contributed by atoms with Crippen LogP contribution >= 0.6 is 0 Å². The zero-order valence-electron chi connectivity index (χ0n) is 27.2. The van der Waals surface area contributed by atoms with Gasteiger partial charge in [-0.15, -0.1) is 0 Å². The summed E-state index contributed by atoms with van der Waals surface area (Å²) in [5.41, 5.74) is 1.83. The third kappa shape index (κ3) is 7.13. The van der Waals surface area contributed by atoms with Gasteiger partial charge in [0.1, 0.15) is 17.2 Å². The Balaban J connectivity index is 1.32. The summed E-state index contributed by atoms with van der Waals surface area (Å²) >= 11 is 0. The highest BCUT2D eigenvalue weighted by molar-refractivity contribution is 7.92. The van der Waals surface area contributed by atoms with Crippen molar-refractivity contribution in [3.8, 4) is 0 Å². The third-order valence-corrected chi connectivity index (χ3v) is 10.4. The van der Waals surface area contributed by atoms with E-state index in [1.807, 2.05) is 36.4 Å². The van der Waals surface area contributed by atoms with Crippen LogP contribution in [0.3, 0.4) is 0 Å². The lowest BCUT2D eigenvalue weighted by molar-refractivity contribution is -0.139. The molecule has 5 rings (SSSR count). The zero-order valence-corrected chi connectivity index (χ0v) is 28.0. The number of rotatable bonds is 7. The second-order valence-corrected chi connectivity index (χ2v) is 16.4. The van der Waals surface area contributed by atoms with Crippen molar-refractivity contribution in [2.45, 2.75) is 89.3 Å². The highest BCUT2D eigenvalue weighted by Gasteiger charge is 2.48. The molecular formula is C34H46N4O6S. The molecule has 0 radical (unpaired) electrons. The average molecular weight is 639 g/mol. The van der Waals surface area contributed by atoms with Gasteiger partial charge in [-0.05, 0) is 95.4 Å². The number of para-hydroxylation sites is 1. The Morgan fingerprint density at radius 1 is 0.956 bits per heavy atom. The number of benzene rings is 2. The largest absolute Gasteiger partial charge is 0.444 e. The molecule has 244 valence electrons. The van der Waals surface area contributed by atoms with E-state index in [0.717, 1.165) is 18.4 Å². The number of carbonyl (C=O) groups is 3. The number of alkyl carbamates (subject to hydrolysis) is 1. The van der Waals surface area contributed by atoms with Crippen LogP contribution in [0.4, 0.5) is 10.5 Å². The lowest BCUT2D eigenvalue weighted by Crippen LogP contribution is -2.60. The first-order chi connectivity index (χ1) is 21.0. The van der Waals surface area contributed by atoms with Gasteiger partial charge >= 0.3 is 6.09 Å². The number of nitrogens with zero attached hydrogens (tertiary/aromatic N) is 2. The first-order valence-corrected chi connectivity index (χ1v) is 17.6. The number of hydrogen-bond acceptors (Lipinski definition) is 6. The molecule has 3 aliphatic rings. The molecule has 2 N–H and O–H groups in total. The van der Waals surface area contributed by atoms with Crippen molar-refractivity contribution in [2.75, 3.05) is 30.2 Å². The molecule has 11 heteroatoms. The third-order valence-electron chi connectivity index (χ3n) is 9.31. The van der Waals surface area contributed by atoms with Gasteiger partial charge in [-0.2, -0.15) is 0 Å². The smallest absolute Gasteiger partial charge is 0.408 e. The summed E-state index contributed by atoms with van der Waals surface area (Å²) in [5, 5.41) is 5.64. The van der Waals surface area contributed by atoms with Crippen LogP contribution in [0.2, 0.25) is 0 Å². The van der Waals surface area contributed by atoms with Crippen molar-refractivity contribution in [1.82, 2.24) is 15.5 Å². The van der Waals surface area contributed by atoms with Crippen LogP contribution in [0, 0.1) is 5.92 Å². The van der Waals surface area contributed by atoms with Crippen molar-refractivity contribution in [1.29, 1.82) is 0 Å². The van der Waals surface area contributed by atoms with Gasteiger partial charge in [0.2, 0.25) is 21.8 Å². The number of anilines is 1. The molecule has 1 saturated heterocycles. The molecular weight excluding hydrogens is 592 g/mol. The number of carbonyl (C=O) groups excluding carboxylic acids is 3. The summed E-state index contributed by atoms with van der Waals surface area (Å²) in [5.74, 6) is -0.447. The van der Waals surface area contributed by atoms with E-state index < -0.39 is 39.2 Å². The predicted octanol–water partition coefficient (Wildman–Crippen LogP) is 3.92. The standard InChI is InChI=1S/C34H46N4O6S/c1-32(2,3)44-31(41)36-33(4,5)30(40)35-27(21-23-19-24-11-7-8-12-25(24)20-23)29(39)37-17-15-34(16-18-37)22-38(45(6,42)43)28-14-10-9-13-26(28)34/h7-14,23,27H,15-22H2,1-6H3,(H,35,40)(H,36,41)/t27-/m0/s1. The van der Waals surface area contributed by atoms with Crippen molar-refractivity contribution >= 4 is 33.6 Å². The first kappa shape index (κ1) is 32.8. The van der Waals surface area contributed by atoms with E-state index in [1.54, 1.807) is 39.5 Å². The number of piperidine rings is 1. The minimum absolute atomic E-state index is 0.159. The molecule has 1 fully saturated rings. The maximum Gasteiger partial charge on any atom is 0.408 e. The summed E-state index contributed by atoms with van der Waals surface area (Å²) in [7, 11) is -3.45. The number of amides is 3. The lowest BCUT2D eigenvalue weighted by atomic mass is 9.74. The maximum atomic E-state index is 14.2. The summed E-state index contributed by atoms with van der Waals surface area (Å²) in [6.45, 7) is 9.68. The molecule has 0 bridgehead atoms. The Hall–Kier alpha value is -3.60. The minimum atomic E-state index is -3.45.